The van der Waals surface area contributed by atoms with Crippen LogP contribution in [0.5, 0.6) is 5.75 Å². The predicted octanol–water partition coefficient (Wildman–Crippen LogP) is 3.29. The largest absolute Gasteiger partial charge is 0.496 e. The molecule has 2 heterocycles. The van der Waals surface area contributed by atoms with Crippen LogP contribution in [-0.2, 0) is 14.3 Å². The van der Waals surface area contributed by atoms with Gasteiger partial charge in [0.1, 0.15) is 5.75 Å². The van der Waals surface area contributed by atoms with Crippen LogP contribution in [0.1, 0.15) is 12.0 Å². The van der Waals surface area contributed by atoms with E-state index in [2.05, 4.69) is 4.90 Å². The molecule has 0 spiro atoms. The van der Waals surface area contributed by atoms with Crippen LogP contribution in [0.2, 0.25) is 0 Å². The summed E-state index contributed by atoms with van der Waals surface area (Å²) in [5, 5.41) is 0. The van der Waals surface area contributed by atoms with E-state index in [0.29, 0.717) is 28.3 Å². The van der Waals surface area contributed by atoms with Crippen LogP contribution in [0.25, 0.3) is 5.57 Å². The number of rotatable bonds is 8. The molecule has 0 aromatic heterocycles. The first kappa shape index (κ1) is 21.6. The van der Waals surface area contributed by atoms with Crippen molar-refractivity contribution >= 4 is 29.1 Å². The summed E-state index contributed by atoms with van der Waals surface area (Å²) < 4.78 is 10.9. The molecule has 31 heavy (non-hydrogen) atoms. The zero-order valence-electron chi connectivity index (χ0n) is 17.6. The second kappa shape index (κ2) is 10.1. The van der Waals surface area contributed by atoms with Gasteiger partial charge >= 0.3 is 0 Å². The maximum absolute atomic E-state index is 13.4. The molecule has 2 amide bonds. The first-order valence-electron chi connectivity index (χ1n) is 10.5. The van der Waals surface area contributed by atoms with Gasteiger partial charge in [0, 0.05) is 36.6 Å². The molecule has 0 unspecified atom stereocenters. The molecule has 0 aliphatic carbocycles. The highest BCUT2D eigenvalue weighted by Gasteiger charge is 2.40. The number of hydrogen-bond acceptors (Lipinski definition) is 6. The van der Waals surface area contributed by atoms with Gasteiger partial charge in [-0.25, -0.2) is 0 Å². The van der Waals surface area contributed by atoms with E-state index in [0.717, 1.165) is 44.2 Å². The molecule has 6 nitrogen and oxygen atoms in total. The second-order valence-corrected chi connectivity index (χ2v) is 8.47. The molecule has 2 aliphatic rings. The molecule has 4 rings (SSSR count). The molecule has 0 bridgehead atoms. The molecule has 1 fully saturated rings. The minimum Gasteiger partial charge on any atom is -0.496 e. The smallest absolute Gasteiger partial charge is 0.268 e. The fraction of sp³-hybridized carbons (Fsp3) is 0.333. The van der Waals surface area contributed by atoms with Gasteiger partial charge in [0.15, 0.2) is 0 Å². The summed E-state index contributed by atoms with van der Waals surface area (Å²) in [6.45, 7) is 4.49. The van der Waals surface area contributed by atoms with Crippen molar-refractivity contribution in [1.82, 2.24) is 9.80 Å². The van der Waals surface area contributed by atoms with Crippen molar-refractivity contribution in [3.05, 3.63) is 65.1 Å². The number of carbonyl (C=O) groups is 2. The molecule has 1 saturated heterocycles. The van der Waals surface area contributed by atoms with Crippen molar-refractivity contribution in [3.63, 3.8) is 0 Å². The molecule has 0 N–H and O–H groups in total. The highest BCUT2D eigenvalue weighted by molar-refractivity contribution is 8.04. The number of imide groups is 1. The lowest BCUT2D eigenvalue weighted by atomic mass is 10.1. The van der Waals surface area contributed by atoms with Gasteiger partial charge in [-0.15, -0.1) is 0 Å². The Balaban J connectivity index is 1.59. The van der Waals surface area contributed by atoms with E-state index in [4.69, 9.17) is 9.47 Å². The number of benzene rings is 2. The maximum Gasteiger partial charge on any atom is 0.268 e. The fourth-order valence-electron chi connectivity index (χ4n) is 3.82. The van der Waals surface area contributed by atoms with Gasteiger partial charge in [-0.1, -0.05) is 48.2 Å². The predicted molar refractivity (Wildman–Crippen MR) is 121 cm³/mol. The van der Waals surface area contributed by atoms with Crippen LogP contribution >= 0.6 is 11.8 Å². The lowest BCUT2D eigenvalue weighted by Gasteiger charge is -2.27. The fourth-order valence-corrected chi connectivity index (χ4v) is 4.85. The monoisotopic (exact) mass is 438 g/mol. The Hall–Kier alpha value is -2.61. The second-order valence-electron chi connectivity index (χ2n) is 7.39. The number of morpholine rings is 1. The molecule has 162 valence electrons. The Bertz CT molecular complexity index is 971. The topological polar surface area (TPSA) is 59.1 Å². The molecule has 0 atom stereocenters. The molecule has 2 aromatic rings. The van der Waals surface area contributed by atoms with E-state index < -0.39 is 0 Å². The van der Waals surface area contributed by atoms with E-state index >= 15 is 0 Å². The van der Waals surface area contributed by atoms with Crippen LogP contribution in [0, 0.1) is 0 Å². The van der Waals surface area contributed by atoms with Gasteiger partial charge < -0.3 is 9.47 Å². The molecule has 2 aliphatic heterocycles. The number of carbonyl (C=O) groups excluding carboxylic acids is 2. The molecule has 0 radical (unpaired) electrons. The molecule has 7 heteroatoms. The van der Waals surface area contributed by atoms with Crippen molar-refractivity contribution in [2.75, 3.05) is 46.5 Å². The quantitative estimate of drug-likeness (QED) is 0.590. The average Bonchev–Trinajstić information content (AvgIpc) is 3.04. The van der Waals surface area contributed by atoms with Crippen molar-refractivity contribution in [2.24, 2.45) is 0 Å². The summed E-state index contributed by atoms with van der Waals surface area (Å²) >= 11 is 1.34. The molecular formula is C24H26N2O4S. The standard InChI is InChI=1S/C24H26N2O4S/c1-29-20-11-6-5-10-19(20)21-22(31-18-8-3-2-4-9-18)24(28)26(23(21)27)13-7-12-25-14-16-30-17-15-25/h2-6,8-11H,7,12-17H2,1H3. The van der Waals surface area contributed by atoms with Crippen molar-refractivity contribution in [3.8, 4) is 5.75 Å². The van der Waals surface area contributed by atoms with E-state index in [1.54, 1.807) is 7.11 Å². The number of ether oxygens (including phenoxy) is 2. The van der Waals surface area contributed by atoms with Crippen LogP contribution in [0.3, 0.4) is 0 Å². The highest BCUT2D eigenvalue weighted by Crippen LogP contribution is 2.42. The number of hydrogen-bond donors (Lipinski definition) is 0. The Morgan fingerprint density at radius 2 is 1.65 bits per heavy atom. The van der Waals surface area contributed by atoms with Gasteiger partial charge in [0.25, 0.3) is 11.8 Å². The van der Waals surface area contributed by atoms with E-state index in [1.807, 2.05) is 54.6 Å². The molecule has 0 saturated carbocycles. The third-order valence-electron chi connectivity index (χ3n) is 5.42. The SMILES string of the molecule is COc1ccccc1C1=C(Sc2ccccc2)C(=O)N(CCCN2CCOCC2)C1=O. The number of para-hydroxylation sites is 1. The normalized spacial score (nSPS) is 17.5. The van der Waals surface area contributed by atoms with Crippen LogP contribution < -0.4 is 4.74 Å². The summed E-state index contributed by atoms with van der Waals surface area (Å²) in [6, 6.07) is 17.0. The summed E-state index contributed by atoms with van der Waals surface area (Å²) in [4.78, 5) is 31.8. The summed E-state index contributed by atoms with van der Waals surface area (Å²) in [5.41, 5.74) is 1.07. The zero-order chi connectivity index (χ0) is 21.6. The summed E-state index contributed by atoms with van der Waals surface area (Å²) in [7, 11) is 1.57. The van der Waals surface area contributed by atoms with Crippen LogP contribution in [-0.4, -0.2) is 68.1 Å². The van der Waals surface area contributed by atoms with E-state index in [9.17, 15) is 9.59 Å². The summed E-state index contributed by atoms with van der Waals surface area (Å²) in [5.74, 6) is 0.0941. The average molecular weight is 439 g/mol. The number of thioether (sulfide) groups is 1. The minimum atomic E-state index is -0.255. The zero-order valence-corrected chi connectivity index (χ0v) is 18.4. The van der Waals surface area contributed by atoms with Crippen molar-refractivity contribution < 1.29 is 19.1 Å². The first-order valence-corrected chi connectivity index (χ1v) is 11.3. The van der Waals surface area contributed by atoms with Gasteiger partial charge in [-0.2, -0.15) is 0 Å². The summed E-state index contributed by atoms with van der Waals surface area (Å²) in [6.07, 6.45) is 0.736. The third kappa shape index (κ3) is 4.84. The van der Waals surface area contributed by atoms with Gasteiger partial charge in [-0.3, -0.25) is 19.4 Å². The Kier molecular flexibility index (Phi) is 7.06. The van der Waals surface area contributed by atoms with E-state index in [-0.39, 0.29) is 11.8 Å². The number of methoxy groups -OCH3 is 1. The minimum absolute atomic E-state index is 0.235. The van der Waals surface area contributed by atoms with Gasteiger partial charge in [-0.05, 0) is 24.6 Å². The first-order chi connectivity index (χ1) is 15.2. The highest BCUT2D eigenvalue weighted by atomic mass is 32.2. The lowest BCUT2D eigenvalue weighted by molar-refractivity contribution is -0.136. The van der Waals surface area contributed by atoms with Crippen molar-refractivity contribution in [2.45, 2.75) is 11.3 Å². The van der Waals surface area contributed by atoms with Crippen LogP contribution in [0.4, 0.5) is 0 Å². The number of amides is 2. The van der Waals surface area contributed by atoms with Gasteiger partial charge in [0.2, 0.25) is 0 Å². The number of nitrogens with zero attached hydrogens (tertiary/aromatic N) is 2. The van der Waals surface area contributed by atoms with Gasteiger partial charge in [0.05, 0.1) is 30.8 Å². The molecular weight excluding hydrogens is 412 g/mol. The maximum atomic E-state index is 13.4. The third-order valence-corrected chi connectivity index (χ3v) is 6.52. The molecule has 2 aromatic carbocycles. The Morgan fingerprint density at radius 1 is 0.935 bits per heavy atom. The van der Waals surface area contributed by atoms with E-state index in [1.165, 1.54) is 16.7 Å². The van der Waals surface area contributed by atoms with Crippen molar-refractivity contribution in [1.29, 1.82) is 0 Å². The Morgan fingerprint density at radius 3 is 2.39 bits per heavy atom. The lowest BCUT2D eigenvalue weighted by Crippen LogP contribution is -2.39. The van der Waals surface area contributed by atoms with Crippen LogP contribution in [0.15, 0.2) is 64.4 Å². The Labute approximate surface area is 186 Å².